The predicted octanol–water partition coefficient (Wildman–Crippen LogP) is 3.31. The van der Waals surface area contributed by atoms with Crippen molar-refractivity contribution in [1.29, 1.82) is 0 Å². The number of furan rings is 1. The predicted molar refractivity (Wildman–Crippen MR) is 78.0 cm³/mol. The zero-order chi connectivity index (χ0) is 13.2. The fourth-order valence-corrected chi connectivity index (χ4v) is 3.29. The van der Waals surface area contributed by atoms with Gasteiger partial charge in [0.25, 0.3) is 0 Å². The minimum Gasteiger partial charge on any atom is -0.459 e. The van der Waals surface area contributed by atoms with Crippen molar-refractivity contribution in [2.45, 2.75) is 38.3 Å². The average molecular weight is 258 g/mol. The molecule has 19 heavy (non-hydrogen) atoms. The highest BCUT2D eigenvalue weighted by Crippen LogP contribution is 2.33. The fourth-order valence-electron chi connectivity index (χ4n) is 3.29. The number of hydrogen-bond donors (Lipinski definition) is 1. The molecule has 3 nitrogen and oxygen atoms in total. The van der Waals surface area contributed by atoms with E-state index in [2.05, 4.69) is 24.0 Å². The van der Waals surface area contributed by atoms with Crippen molar-refractivity contribution in [2.24, 2.45) is 5.73 Å². The largest absolute Gasteiger partial charge is 0.459 e. The third-order valence-electron chi connectivity index (χ3n) is 4.29. The molecular weight excluding hydrogens is 236 g/mol. The summed E-state index contributed by atoms with van der Waals surface area (Å²) in [6, 6.07) is 11.2. The molecule has 1 saturated heterocycles. The van der Waals surface area contributed by atoms with E-state index in [1.165, 1.54) is 24.6 Å². The summed E-state index contributed by atoms with van der Waals surface area (Å²) >= 11 is 0. The van der Waals surface area contributed by atoms with Crippen LogP contribution in [0.2, 0.25) is 0 Å². The third-order valence-corrected chi connectivity index (χ3v) is 4.29. The molecular formula is C16H22N2O. The first-order valence-corrected chi connectivity index (χ1v) is 7.27. The van der Waals surface area contributed by atoms with Crippen LogP contribution in [-0.4, -0.2) is 24.0 Å². The maximum absolute atomic E-state index is 6.02. The van der Waals surface area contributed by atoms with E-state index < -0.39 is 0 Å². The van der Waals surface area contributed by atoms with E-state index in [1.807, 2.05) is 18.2 Å². The molecule has 102 valence electrons. The molecule has 1 aromatic carbocycles. The van der Waals surface area contributed by atoms with E-state index >= 15 is 0 Å². The quantitative estimate of drug-likeness (QED) is 0.915. The number of likely N-dealkylation sites (tertiary alicyclic amines) is 1. The van der Waals surface area contributed by atoms with Crippen molar-refractivity contribution in [3.63, 3.8) is 0 Å². The van der Waals surface area contributed by atoms with E-state index in [-0.39, 0.29) is 6.04 Å². The summed E-state index contributed by atoms with van der Waals surface area (Å²) in [4.78, 5) is 2.53. The van der Waals surface area contributed by atoms with Crippen molar-refractivity contribution in [3.05, 3.63) is 36.1 Å². The summed E-state index contributed by atoms with van der Waals surface area (Å²) in [6.07, 6.45) is 3.75. The van der Waals surface area contributed by atoms with E-state index in [1.54, 1.807) is 0 Å². The lowest BCUT2D eigenvalue weighted by Gasteiger charge is -2.30. The maximum atomic E-state index is 6.02. The minimum atomic E-state index is 0.222. The number of para-hydroxylation sites is 1. The van der Waals surface area contributed by atoms with Gasteiger partial charge in [-0.2, -0.15) is 0 Å². The van der Waals surface area contributed by atoms with Gasteiger partial charge >= 0.3 is 0 Å². The lowest BCUT2D eigenvalue weighted by atomic mass is 10.1. The average Bonchev–Trinajstić information content (AvgIpc) is 3.05. The van der Waals surface area contributed by atoms with Gasteiger partial charge in [-0.05, 0) is 37.9 Å². The molecule has 0 bridgehead atoms. The third kappa shape index (κ3) is 2.28. The summed E-state index contributed by atoms with van der Waals surface area (Å²) < 4.78 is 6.00. The molecule has 1 aromatic heterocycles. The van der Waals surface area contributed by atoms with Crippen molar-refractivity contribution >= 4 is 11.0 Å². The summed E-state index contributed by atoms with van der Waals surface area (Å²) in [5.74, 6) is 1.02. The normalized spacial score (nSPS) is 22.1. The van der Waals surface area contributed by atoms with Crippen LogP contribution in [0, 0.1) is 0 Å². The van der Waals surface area contributed by atoms with Gasteiger partial charge in [0, 0.05) is 18.0 Å². The number of benzene rings is 1. The number of nitrogens with zero attached hydrogens (tertiary/aromatic N) is 1. The molecule has 1 fully saturated rings. The highest BCUT2D eigenvalue weighted by atomic mass is 16.3. The van der Waals surface area contributed by atoms with Crippen LogP contribution < -0.4 is 5.73 Å². The van der Waals surface area contributed by atoms with Crippen LogP contribution in [0.3, 0.4) is 0 Å². The van der Waals surface area contributed by atoms with Crippen molar-refractivity contribution < 1.29 is 4.42 Å². The molecule has 0 aliphatic carbocycles. The number of hydrogen-bond acceptors (Lipinski definition) is 3. The van der Waals surface area contributed by atoms with Gasteiger partial charge in [-0.3, -0.25) is 4.90 Å². The summed E-state index contributed by atoms with van der Waals surface area (Å²) in [6.45, 7) is 4.02. The second-order valence-corrected chi connectivity index (χ2v) is 5.38. The number of fused-ring (bicyclic) bond motifs is 1. The number of rotatable bonds is 4. The van der Waals surface area contributed by atoms with Crippen LogP contribution in [0.1, 0.15) is 38.0 Å². The van der Waals surface area contributed by atoms with Gasteiger partial charge in [0.05, 0.1) is 6.04 Å². The van der Waals surface area contributed by atoms with Crippen molar-refractivity contribution in [2.75, 3.05) is 13.1 Å². The highest BCUT2D eigenvalue weighted by molar-refractivity contribution is 5.77. The van der Waals surface area contributed by atoms with E-state index in [4.69, 9.17) is 10.2 Å². The monoisotopic (exact) mass is 258 g/mol. The van der Waals surface area contributed by atoms with Gasteiger partial charge in [0.2, 0.25) is 0 Å². The van der Waals surface area contributed by atoms with Gasteiger partial charge in [-0.1, -0.05) is 25.1 Å². The fraction of sp³-hybridized carbons (Fsp3) is 0.500. The topological polar surface area (TPSA) is 42.4 Å². The van der Waals surface area contributed by atoms with Crippen LogP contribution in [0.5, 0.6) is 0 Å². The molecule has 2 N–H and O–H groups in total. The molecule has 1 aliphatic heterocycles. The van der Waals surface area contributed by atoms with Crippen LogP contribution in [-0.2, 0) is 0 Å². The molecule has 2 aromatic rings. The molecule has 0 spiro atoms. The zero-order valence-electron chi connectivity index (χ0n) is 11.5. The first-order chi connectivity index (χ1) is 9.33. The molecule has 3 rings (SSSR count). The van der Waals surface area contributed by atoms with Crippen molar-refractivity contribution in [3.8, 4) is 0 Å². The molecule has 3 heteroatoms. The summed E-state index contributed by atoms with van der Waals surface area (Å²) in [5, 5.41) is 1.17. The maximum Gasteiger partial charge on any atom is 0.134 e. The Labute approximate surface area is 114 Å². The smallest absolute Gasteiger partial charge is 0.134 e. The Hall–Kier alpha value is -1.32. The van der Waals surface area contributed by atoms with Crippen LogP contribution in [0.25, 0.3) is 11.0 Å². The van der Waals surface area contributed by atoms with Gasteiger partial charge in [0.1, 0.15) is 11.3 Å². The standard InChI is InChI=1S/C16H22N2O/c1-2-13-7-5-9-18(13)14(11-17)16-10-12-6-3-4-8-15(12)19-16/h3-4,6,8,10,13-14H,2,5,7,9,11,17H2,1H3. The Morgan fingerprint density at radius 1 is 1.42 bits per heavy atom. The van der Waals surface area contributed by atoms with Gasteiger partial charge in [-0.15, -0.1) is 0 Å². The molecule has 1 aliphatic rings. The van der Waals surface area contributed by atoms with Gasteiger partial charge in [0.15, 0.2) is 0 Å². The number of nitrogens with two attached hydrogens (primary N) is 1. The van der Waals surface area contributed by atoms with Crippen LogP contribution in [0.4, 0.5) is 0 Å². The molecule has 2 unspecified atom stereocenters. The Bertz CT molecular complexity index is 515. The van der Waals surface area contributed by atoms with E-state index in [0.29, 0.717) is 12.6 Å². The second kappa shape index (κ2) is 5.35. The summed E-state index contributed by atoms with van der Waals surface area (Å²) in [5.41, 5.74) is 6.98. The first-order valence-electron chi connectivity index (χ1n) is 7.27. The van der Waals surface area contributed by atoms with Gasteiger partial charge in [-0.25, -0.2) is 0 Å². The molecule has 2 atom stereocenters. The van der Waals surface area contributed by atoms with E-state index in [0.717, 1.165) is 17.9 Å². The van der Waals surface area contributed by atoms with Crippen LogP contribution >= 0.6 is 0 Å². The summed E-state index contributed by atoms with van der Waals surface area (Å²) in [7, 11) is 0. The minimum absolute atomic E-state index is 0.222. The van der Waals surface area contributed by atoms with Gasteiger partial charge < -0.3 is 10.2 Å². The second-order valence-electron chi connectivity index (χ2n) is 5.38. The Morgan fingerprint density at radius 3 is 3.00 bits per heavy atom. The Morgan fingerprint density at radius 2 is 2.26 bits per heavy atom. The Kier molecular flexibility index (Phi) is 3.58. The van der Waals surface area contributed by atoms with Crippen LogP contribution in [0.15, 0.2) is 34.7 Å². The molecule has 0 radical (unpaired) electrons. The zero-order valence-corrected chi connectivity index (χ0v) is 11.5. The Balaban J connectivity index is 1.93. The van der Waals surface area contributed by atoms with Crippen molar-refractivity contribution in [1.82, 2.24) is 4.90 Å². The SMILES string of the molecule is CCC1CCCN1C(CN)c1cc2ccccc2o1. The lowest BCUT2D eigenvalue weighted by Crippen LogP contribution is -2.36. The molecule has 0 amide bonds. The highest BCUT2D eigenvalue weighted by Gasteiger charge is 2.31. The van der Waals surface area contributed by atoms with E-state index in [9.17, 15) is 0 Å². The molecule has 2 heterocycles. The lowest BCUT2D eigenvalue weighted by molar-refractivity contribution is 0.162. The molecule has 0 saturated carbocycles. The first kappa shape index (κ1) is 12.7.